The van der Waals surface area contributed by atoms with Gasteiger partial charge in [0.25, 0.3) is 0 Å². The average molecular weight is 248 g/mol. The molecule has 1 aromatic carbocycles. The predicted molar refractivity (Wildman–Crippen MR) is 65.8 cm³/mol. The van der Waals surface area contributed by atoms with Crippen molar-refractivity contribution in [3.05, 3.63) is 29.8 Å². The summed E-state index contributed by atoms with van der Waals surface area (Å²) in [7, 11) is 1.56. The zero-order valence-corrected chi connectivity index (χ0v) is 10.3. The van der Waals surface area contributed by atoms with Crippen LogP contribution in [0.1, 0.15) is 29.6 Å². The van der Waals surface area contributed by atoms with Crippen LogP contribution in [0.25, 0.3) is 0 Å². The van der Waals surface area contributed by atoms with E-state index in [1.807, 2.05) is 0 Å². The summed E-state index contributed by atoms with van der Waals surface area (Å²) < 4.78 is 5.03. The van der Waals surface area contributed by atoms with Crippen LogP contribution >= 0.6 is 0 Å². The van der Waals surface area contributed by atoms with Gasteiger partial charge in [0.2, 0.25) is 0 Å². The van der Waals surface area contributed by atoms with Crippen molar-refractivity contribution in [2.75, 3.05) is 7.11 Å². The Labute approximate surface area is 106 Å². The van der Waals surface area contributed by atoms with Crippen LogP contribution in [0.2, 0.25) is 0 Å². The minimum absolute atomic E-state index is 0.0671. The molecule has 0 aliphatic heterocycles. The molecule has 18 heavy (non-hydrogen) atoms. The Morgan fingerprint density at radius 1 is 1.17 bits per heavy atom. The number of aliphatic carboxylic acids is 1. The van der Waals surface area contributed by atoms with Gasteiger partial charge in [-0.1, -0.05) is 6.42 Å². The number of hydrogen-bond acceptors (Lipinski definition) is 3. The minimum atomic E-state index is -0.862. The van der Waals surface area contributed by atoms with Crippen LogP contribution in [0.4, 0.5) is 0 Å². The summed E-state index contributed by atoms with van der Waals surface area (Å²) in [5.41, 5.74) is 0.564. The zero-order chi connectivity index (χ0) is 13.1. The van der Waals surface area contributed by atoms with Crippen LogP contribution < -0.4 is 4.74 Å². The maximum absolute atomic E-state index is 12.3. The van der Waals surface area contributed by atoms with Gasteiger partial charge < -0.3 is 9.84 Å². The second-order valence-electron chi connectivity index (χ2n) is 4.57. The highest BCUT2D eigenvalue weighted by molar-refractivity contribution is 6.00. The summed E-state index contributed by atoms with van der Waals surface area (Å²) in [5, 5.41) is 9.09. The lowest BCUT2D eigenvalue weighted by molar-refractivity contribution is -0.142. The van der Waals surface area contributed by atoms with Gasteiger partial charge in [0.15, 0.2) is 5.78 Å². The number of carboxylic acid groups (broad SMARTS) is 1. The SMILES string of the molecule is COc1ccc(C(=O)[C@@H]2CCC[C@@H]2C(=O)O)cc1. The molecule has 0 radical (unpaired) electrons. The fraction of sp³-hybridized carbons (Fsp3) is 0.429. The first kappa shape index (κ1) is 12.6. The number of ether oxygens (including phenoxy) is 1. The summed E-state index contributed by atoms with van der Waals surface area (Å²) in [4.78, 5) is 23.3. The molecule has 4 heteroatoms. The Balaban J connectivity index is 2.17. The number of carbonyl (C=O) groups excluding carboxylic acids is 1. The summed E-state index contributed by atoms with van der Waals surface area (Å²) in [5.74, 6) is -1.15. The number of benzene rings is 1. The topological polar surface area (TPSA) is 63.6 Å². The lowest BCUT2D eigenvalue weighted by Crippen LogP contribution is -2.25. The molecule has 0 amide bonds. The van der Waals surface area contributed by atoms with E-state index in [1.165, 1.54) is 0 Å². The second-order valence-corrected chi connectivity index (χ2v) is 4.57. The van der Waals surface area contributed by atoms with E-state index in [2.05, 4.69) is 0 Å². The number of hydrogen-bond donors (Lipinski definition) is 1. The van der Waals surface area contributed by atoms with Crippen LogP contribution in [-0.4, -0.2) is 24.0 Å². The molecule has 1 aliphatic rings. The first-order valence-corrected chi connectivity index (χ1v) is 6.04. The Kier molecular flexibility index (Phi) is 3.65. The number of carboxylic acids is 1. The smallest absolute Gasteiger partial charge is 0.307 e. The highest BCUT2D eigenvalue weighted by Gasteiger charge is 2.37. The maximum Gasteiger partial charge on any atom is 0.307 e. The summed E-state index contributed by atoms with van der Waals surface area (Å²) in [6.45, 7) is 0. The van der Waals surface area contributed by atoms with Crippen molar-refractivity contribution >= 4 is 11.8 Å². The molecule has 1 aromatic rings. The molecule has 1 fully saturated rings. The number of methoxy groups -OCH3 is 1. The first-order valence-electron chi connectivity index (χ1n) is 6.04. The van der Waals surface area contributed by atoms with Crippen LogP contribution in [0.3, 0.4) is 0 Å². The molecule has 0 aromatic heterocycles. The molecule has 1 N–H and O–H groups in total. The quantitative estimate of drug-likeness (QED) is 0.831. The fourth-order valence-corrected chi connectivity index (χ4v) is 2.54. The van der Waals surface area contributed by atoms with Gasteiger partial charge in [0, 0.05) is 11.5 Å². The standard InChI is InChI=1S/C14H16O4/c1-18-10-7-5-9(6-8-10)13(15)11-3-2-4-12(11)14(16)17/h5-8,11-12H,2-4H2,1H3,(H,16,17)/t11-,12+/m1/s1. The van der Waals surface area contributed by atoms with E-state index < -0.39 is 11.9 Å². The van der Waals surface area contributed by atoms with Gasteiger partial charge in [0.05, 0.1) is 13.0 Å². The van der Waals surface area contributed by atoms with Crippen LogP contribution in [0.5, 0.6) is 5.75 Å². The Bertz CT molecular complexity index is 449. The number of carbonyl (C=O) groups is 2. The molecule has 0 unspecified atom stereocenters. The molecule has 1 saturated carbocycles. The maximum atomic E-state index is 12.3. The molecular weight excluding hydrogens is 232 g/mol. The van der Waals surface area contributed by atoms with E-state index in [1.54, 1.807) is 31.4 Å². The number of ketones is 1. The van der Waals surface area contributed by atoms with E-state index >= 15 is 0 Å². The van der Waals surface area contributed by atoms with Crippen molar-refractivity contribution in [3.63, 3.8) is 0 Å². The molecule has 4 nitrogen and oxygen atoms in total. The third kappa shape index (κ3) is 2.37. The van der Waals surface area contributed by atoms with E-state index in [0.717, 1.165) is 6.42 Å². The van der Waals surface area contributed by atoms with Gasteiger partial charge in [-0.15, -0.1) is 0 Å². The van der Waals surface area contributed by atoms with E-state index in [-0.39, 0.29) is 11.7 Å². The molecule has 0 spiro atoms. The summed E-state index contributed by atoms with van der Waals surface area (Å²) in [6.07, 6.45) is 2.08. The zero-order valence-electron chi connectivity index (χ0n) is 10.3. The summed E-state index contributed by atoms with van der Waals surface area (Å²) >= 11 is 0. The van der Waals surface area contributed by atoms with Crippen LogP contribution in [0, 0.1) is 11.8 Å². The normalized spacial score (nSPS) is 22.7. The third-order valence-corrected chi connectivity index (χ3v) is 3.54. The highest BCUT2D eigenvalue weighted by atomic mass is 16.5. The van der Waals surface area contributed by atoms with Crippen LogP contribution in [0.15, 0.2) is 24.3 Å². The van der Waals surface area contributed by atoms with Gasteiger partial charge in [-0.3, -0.25) is 9.59 Å². The van der Waals surface area contributed by atoms with Crippen molar-refractivity contribution in [2.24, 2.45) is 11.8 Å². The monoisotopic (exact) mass is 248 g/mol. The minimum Gasteiger partial charge on any atom is -0.497 e. The first-order chi connectivity index (χ1) is 8.63. The van der Waals surface area contributed by atoms with E-state index in [9.17, 15) is 9.59 Å². The highest BCUT2D eigenvalue weighted by Crippen LogP contribution is 2.34. The second kappa shape index (κ2) is 5.21. The Hall–Kier alpha value is -1.84. The molecule has 2 rings (SSSR count). The van der Waals surface area contributed by atoms with Crippen molar-refractivity contribution in [1.82, 2.24) is 0 Å². The molecular formula is C14H16O4. The molecule has 0 saturated heterocycles. The van der Waals surface area contributed by atoms with E-state index in [0.29, 0.717) is 24.2 Å². The van der Waals surface area contributed by atoms with Crippen molar-refractivity contribution in [2.45, 2.75) is 19.3 Å². The molecule has 0 bridgehead atoms. The molecule has 2 atom stereocenters. The molecule has 0 heterocycles. The lowest BCUT2D eigenvalue weighted by Gasteiger charge is -2.14. The van der Waals surface area contributed by atoms with Crippen molar-refractivity contribution < 1.29 is 19.4 Å². The van der Waals surface area contributed by atoms with Crippen molar-refractivity contribution in [3.8, 4) is 5.75 Å². The van der Waals surface area contributed by atoms with Gasteiger partial charge in [-0.2, -0.15) is 0 Å². The van der Waals surface area contributed by atoms with Gasteiger partial charge in [-0.25, -0.2) is 0 Å². The molecule has 1 aliphatic carbocycles. The average Bonchev–Trinajstić information content (AvgIpc) is 2.87. The van der Waals surface area contributed by atoms with Gasteiger partial charge >= 0.3 is 5.97 Å². The lowest BCUT2D eigenvalue weighted by atomic mass is 9.88. The number of Topliss-reactive ketones (excluding diaryl/α,β-unsaturated/α-hetero) is 1. The Morgan fingerprint density at radius 3 is 2.33 bits per heavy atom. The predicted octanol–water partition coefficient (Wildman–Crippen LogP) is 2.38. The molecule has 96 valence electrons. The third-order valence-electron chi connectivity index (χ3n) is 3.54. The van der Waals surface area contributed by atoms with Crippen LogP contribution in [-0.2, 0) is 4.79 Å². The summed E-state index contributed by atoms with van der Waals surface area (Å²) in [6, 6.07) is 6.83. The number of rotatable bonds is 4. The largest absolute Gasteiger partial charge is 0.497 e. The van der Waals surface area contributed by atoms with E-state index in [4.69, 9.17) is 9.84 Å². The Morgan fingerprint density at radius 2 is 1.78 bits per heavy atom. The van der Waals surface area contributed by atoms with Crippen molar-refractivity contribution in [1.29, 1.82) is 0 Å². The van der Waals surface area contributed by atoms with Gasteiger partial charge in [0.1, 0.15) is 5.75 Å². The fourth-order valence-electron chi connectivity index (χ4n) is 2.54. The van der Waals surface area contributed by atoms with Gasteiger partial charge in [-0.05, 0) is 37.1 Å².